The van der Waals surface area contributed by atoms with Crippen LogP contribution in [0.4, 0.5) is 8.78 Å². The van der Waals surface area contributed by atoms with Crippen LogP contribution >= 0.6 is 0 Å². The molecule has 0 spiro atoms. The van der Waals surface area contributed by atoms with E-state index in [1.165, 1.54) is 6.07 Å². The normalized spacial score (nSPS) is 25.1. The Morgan fingerprint density at radius 2 is 2.21 bits per heavy atom. The molecule has 76 valence electrons. The highest BCUT2D eigenvalue weighted by atomic mass is 19.1. The molecule has 1 N–H and O–H groups in total. The molecule has 0 bridgehead atoms. The molecular weight excluding hydrogens is 184 g/mol. The summed E-state index contributed by atoms with van der Waals surface area (Å²) in [6.07, 6.45) is 1.00. The third kappa shape index (κ3) is 1.77. The maximum atomic E-state index is 13.3. The fourth-order valence-electron chi connectivity index (χ4n) is 1.92. The van der Waals surface area contributed by atoms with E-state index in [0.29, 0.717) is 11.5 Å². The smallest absolute Gasteiger partial charge is 0.129 e. The van der Waals surface area contributed by atoms with Gasteiger partial charge in [0.1, 0.15) is 11.6 Å². The van der Waals surface area contributed by atoms with E-state index in [9.17, 15) is 8.78 Å². The molecule has 0 saturated heterocycles. The predicted molar refractivity (Wildman–Crippen MR) is 51.1 cm³/mol. The monoisotopic (exact) mass is 197 g/mol. The van der Waals surface area contributed by atoms with Crippen LogP contribution in [0.1, 0.15) is 17.9 Å². The van der Waals surface area contributed by atoms with Crippen LogP contribution in [0.5, 0.6) is 0 Å². The minimum atomic E-state index is -0.503. The fraction of sp³-hybridized carbons (Fsp3) is 0.455. The molecule has 2 unspecified atom stereocenters. The van der Waals surface area contributed by atoms with E-state index in [4.69, 9.17) is 0 Å². The molecule has 0 radical (unpaired) electrons. The van der Waals surface area contributed by atoms with Gasteiger partial charge in [0.25, 0.3) is 0 Å². The van der Waals surface area contributed by atoms with E-state index in [-0.39, 0.29) is 5.92 Å². The molecule has 2 atom stereocenters. The van der Waals surface area contributed by atoms with Crippen LogP contribution < -0.4 is 5.32 Å². The van der Waals surface area contributed by atoms with Crippen LogP contribution in [0.3, 0.4) is 0 Å². The van der Waals surface area contributed by atoms with Gasteiger partial charge in [-0.05, 0) is 43.5 Å². The molecule has 0 amide bonds. The third-order valence-corrected chi connectivity index (χ3v) is 2.75. The summed E-state index contributed by atoms with van der Waals surface area (Å²) in [4.78, 5) is 0. The van der Waals surface area contributed by atoms with Crippen molar-refractivity contribution in [3.8, 4) is 0 Å². The van der Waals surface area contributed by atoms with Crippen LogP contribution in [0.2, 0.25) is 0 Å². The van der Waals surface area contributed by atoms with Crippen molar-refractivity contribution >= 4 is 0 Å². The number of hydrogen-bond donors (Lipinski definition) is 1. The largest absolute Gasteiger partial charge is 0.319 e. The second kappa shape index (κ2) is 3.65. The van der Waals surface area contributed by atoms with Gasteiger partial charge in [-0.1, -0.05) is 6.07 Å². The van der Waals surface area contributed by atoms with Gasteiger partial charge in [0.2, 0.25) is 0 Å². The summed E-state index contributed by atoms with van der Waals surface area (Å²) in [7, 11) is 1.89. The summed E-state index contributed by atoms with van der Waals surface area (Å²) in [5.41, 5.74) is 0.659. The van der Waals surface area contributed by atoms with Crippen LogP contribution in [-0.2, 0) is 0 Å². The zero-order valence-corrected chi connectivity index (χ0v) is 8.06. The molecule has 1 aliphatic carbocycles. The average molecular weight is 197 g/mol. The van der Waals surface area contributed by atoms with E-state index in [1.807, 2.05) is 7.05 Å². The lowest BCUT2D eigenvalue weighted by Gasteiger charge is -2.02. The van der Waals surface area contributed by atoms with E-state index in [1.54, 1.807) is 6.07 Å². The van der Waals surface area contributed by atoms with E-state index >= 15 is 0 Å². The van der Waals surface area contributed by atoms with Crippen molar-refractivity contribution < 1.29 is 8.78 Å². The van der Waals surface area contributed by atoms with Gasteiger partial charge in [-0.3, -0.25) is 0 Å². The number of rotatable bonds is 3. The molecule has 1 nitrogen and oxygen atoms in total. The minimum Gasteiger partial charge on any atom is -0.319 e. The molecule has 1 saturated carbocycles. The van der Waals surface area contributed by atoms with Crippen molar-refractivity contribution in [3.63, 3.8) is 0 Å². The predicted octanol–water partition coefficient (Wildman–Crippen LogP) is 2.29. The van der Waals surface area contributed by atoms with Gasteiger partial charge >= 0.3 is 0 Å². The number of hydrogen-bond acceptors (Lipinski definition) is 1. The molecule has 0 aromatic heterocycles. The van der Waals surface area contributed by atoms with Gasteiger partial charge < -0.3 is 5.32 Å². The molecule has 0 aliphatic heterocycles. The topological polar surface area (TPSA) is 12.0 Å². The van der Waals surface area contributed by atoms with E-state index in [0.717, 1.165) is 19.0 Å². The van der Waals surface area contributed by atoms with Gasteiger partial charge in [-0.25, -0.2) is 8.78 Å². The van der Waals surface area contributed by atoms with Crippen LogP contribution in [0.15, 0.2) is 18.2 Å². The first-order chi connectivity index (χ1) is 6.72. The Balaban J connectivity index is 2.11. The second-order valence-electron chi connectivity index (χ2n) is 3.83. The highest BCUT2D eigenvalue weighted by Crippen LogP contribution is 2.47. The highest BCUT2D eigenvalue weighted by molar-refractivity contribution is 5.28. The number of halogens is 2. The molecular formula is C11H13F2N. The Labute approximate surface area is 82.1 Å². The lowest BCUT2D eigenvalue weighted by atomic mass is 10.1. The highest BCUT2D eigenvalue weighted by Gasteiger charge is 2.39. The first-order valence-electron chi connectivity index (χ1n) is 4.82. The fourth-order valence-corrected chi connectivity index (χ4v) is 1.92. The SMILES string of the molecule is CNCC1CC1c1ccc(F)cc1F. The zero-order valence-electron chi connectivity index (χ0n) is 8.06. The summed E-state index contributed by atoms with van der Waals surface area (Å²) in [6, 6.07) is 3.85. The molecule has 1 aliphatic rings. The minimum absolute atomic E-state index is 0.281. The Bertz CT molecular complexity index is 338. The van der Waals surface area contributed by atoms with E-state index in [2.05, 4.69) is 5.32 Å². The molecule has 2 rings (SSSR count). The molecule has 0 heterocycles. The third-order valence-electron chi connectivity index (χ3n) is 2.75. The molecule has 14 heavy (non-hydrogen) atoms. The maximum absolute atomic E-state index is 13.3. The Kier molecular flexibility index (Phi) is 2.50. The van der Waals surface area contributed by atoms with Gasteiger partial charge in [0.05, 0.1) is 0 Å². The van der Waals surface area contributed by atoms with Crippen molar-refractivity contribution in [2.75, 3.05) is 13.6 Å². The van der Waals surface area contributed by atoms with Crippen LogP contribution in [0, 0.1) is 17.6 Å². The number of nitrogens with one attached hydrogen (secondary N) is 1. The lowest BCUT2D eigenvalue weighted by Crippen LogP contribution is -2.10. The summed E-state index contributed by atoms with van der Waals surface area (Å²) in [6.45, 7) is 0.904. The zero-order chi connectivity index (χ0) is 10.1. The summed E-state index contributed by atoms with van der Waals surface area (Å²) in [5.74, 6) is -0.117. The summed E-state index contributed by atoms with van der Waals surface area (Å²) in [5, 5.41) is 3.06. The molecule has 1 aromatic rings. The lowest BCUT2D eigenvalue weighted by molar-refractivity contribution is 0.568. The van der Waals surface area contributed by atoms with Crippen molar-refractivity contribution in [1.82, 2.24) is 5.32 Å². The van der Waals surface area contributed by atoms with Crippen molar-refractivity contribution in [1.29, 1.82) is 0 Å². The van der Waals surface area contributed by atoms with Crippen molar-refractivity contribution in [2.45, 2.75) is 12.3 Å². The van der Waals surface area contributed by atoms with Crippen LogP contribution in [0.25, 0.3) is 0 Å². The Morgan fingerprint density at radius 3 is 2.86 bits per heavy atom. The first kappa shape index (κ1) is 9.59. The quantitative estimate of drug-likeness (QED) is 0.784. The molecule has 1 fully saturated rings. The van der Waals surface area contributed by atoms with Crippen molar-refractivity contribution in [3.05, 3.63) is 35.4 Å². The standard InChI is InChI=1S/C11H13F2N/c1-14-6-7-4-10(7)9-3-2-8(12)5-11(9)13/h2-3,5,7,10,14H,4,6H2,1H3. The molecule has 3 heteroatoms. The van der Waals surface area contributed by atoms with Crippen molar-refractivity contribution in [2.24, 2.45) is 5.92 Å². The van der Waals surface area contributed by atoms with E-state index < -0.39 is 11.6 Å². The first-order valence-corrected chi connectivity index (χ1v) is 4.82. The second-order valence-corrected chi connectivity index (χ2v) is 3.83. The van der Waals surface area contributed by atoms with Crippen LogP contribution in [-0.4, -0.2) is 13.6 Å². The Hall–Kier alpha value is -0.960. The summed E-state index contributed by atoms with van der Waals surface area (Å²) >= 11 is 0. The van der Waals surface area contributed by atoms with Gasteiger partial charge in [0, 0.05) is 6.07 Å². The number of benzene rings is 1. The summed E-state index contributed by atoms with van der Waals surface area (Å²) < 4.78 is 25.9. The maximum Gasteiger partial charge on any atom is 0.129 e. The Morgan fingerprint density at radius 1 is 1.43 bits per heavy atom. The average Bonchev–Trinajstić information content (AvgIpc) is 2.84. The van der Waals surface area contributed by atoms with Gasteiger partial charge in [-0.2, -0.15) is 0 Å². The van der Waals surface area contributed by atoms with Gasteiger partial charge in [0.15, 0.2) is 0 Å². The molecule has 1 aromatic carbocycles. The van der Waals surface area contributed by atoms with Gasteiger partial charge in [-0.15, -0.1) is 0 Å².